The predicted molar refractivity (Wildman–Crippen MR) is 76.3 cm³/mol. The number of carbonyl (C=O) groups excluding carboxylic acids is 1. The maximum atomic E-state index is 12.2. The SMILES string of the molecule is CS(=O)(=O)OCCN1CCN(c2ccc(C#N)cc2)C1=O. The van der Waals surface area contributed by atoms with Gasteiger partial charge in [0.1, 0.15) is 0 Å². The summed E-state index contributed by atoms with van der Waals surface area (Å²) in [5.41, 5.74) is 1.24. The molecule has 21 heavy (non-hydrogen) atoms. The van der Waals surface area contributed by atoms with Crippen LogP contribution in [-0.4, -0.2) is 51.8 Å². The fourth-order valence-electron chi connectivity index (χ4n) is 2.04. The third-order valence-electron chi connectivity index (χ3n) is 3.06. The minimum atomic E-state index is -3.49. The first-order valence-corrected chi connectivity index (χ1v) is 8.13. The maximum absolute atomic E-state index is 12.2. The predicted octanol–water partition coefficient (Wildman–Crippen LogP) is 0.776. The number of urea groups is 1. The van der Waals surface area contributed by atoms with Crippen molar-refractivity contribution in [2.24, 2.45) is 0 Å². The lowest BCUT2D eigenvalue weighted by Gasteiger charge is -2.18. The van der Waals surface area contributed by atoms with Gasteiger partial charge < -0.3 is 4.90 Å². The molecule has 0 unspecified atom stereocenters. The first-order valence-electron chi connectivity index (χ1n) is 6.32. The summed E-state index contributed by atoms with van der Waals surface area (Å²) < 4.78 is 26.4. The van der Waals surface area contributed by atoms with Crippen molar-refractivity contribution in [1.82, 2.24) is 4.90 Å². The van der Waals surface area contributed by atoms with Gasteiger partial charge >= 0.3 is 6.03 Å². The van der Waals surface area contributed by atoms with Gasteiger partial charge in [-0.25, -0.2) is 4.79 Å². The van der Waals surface area contributed by atoms with Crippen molar-refractivity contribution in [2.75, 3.05) is 37.4 Å². The molecule has 1 aromatic rings. The van der Waals surface area contributed by atoms with E-state index < -0.39 is 10.1 Å². The monoisotopic (exact) mass is 309 g/mol. The number of benzene rings is 1. The van der Waals surface area contributed by atoms with Gasteiger partial charge in [-0.1, -0.05) is 0 Å². The maximum Gasteiger partial charge on any atom is 0.324 e. The molecule has 7 nitrogen and oxygen atoms in total. The smallest absolute Gasteiger partial charge is 0.320 e. The van der Waals surface area contributed by atoms with Gasteiger partial charge in [-0.2, -0.15) is 13.7 Å². The van der Waals surface area contributed by atoms with E-state index in [0.29, 0.717) is 24.3 Å². The number of nitrogens with zero attached hydrogens (tertiary/aromatic N) is 3. The zero-order valence-electron chi connectivity index (χ0n) is 11.5. The molecule has 1 aliphatic heterocycles. The summed E-state index contributed by atoms with van der Waals surface area (Å²) in [7, 11) is -3.49. The minimum absolute atomic E-state index is 0.0498. The molecule has 0 aliphatic carbocycles. The minimum Gasteiger partial charge on any atom is -0.320 e. The Bertz CT molecular complexity index is 664. The normalized spacial score (nSPS) is 15.3. The third kappa shape index (κ3) is 3.93. The van der Waals surface area contributed by atoms with Gasteiger partial charge in [0.05, 0.1) is 24.5 Å². The molecular weight excluding hydrogens is 294 g/mol. The summed E-state index contributed by atoms with van der Waals surface area (Å²) in [5, 5.41) is 8.75. The van der Waals surface area contributed by atoms with Crippen LogP contribution in [0, 0.1) is 11.3 Å². The number of carbonyl (C=O) groups is 1. The molecule has 1 aliphatic rings. The second kappa shape index (κ2) is 6.11. The number of hydrogen-bond donors (Lipinski definition) is 0. The van der Waals surface area contributed by atoms with Crippen molar-refractivity contribution in [3.8, 4) is 6.07 Å². The lowest BCUT2D eigenvalue weighted by molar-refractivity contribution is 0.206. The summed E-state index contributed by atoms with van der Waals surface area (Å²) in [5.74, 6) is 0. The molecule has 1 heterocycles. The Balaban J connectivity index is 1.96. The summed E-state index contributed by atoms with van der Waals surface area (Å²) in [6.45, 7) is 1.19. The van der Waals surface area contributed by atoms with Gasteiger partial charge in [0.15, 0.2) is 0 Å². The number of hydrogen-bond acceptors (Lipinski definition) is 5. The molecule has 0 aromatic heterocycles. The second-order valence-corrected chi connectivity index (χ2v) is 6.25. The van der Waals surface area contributed by atoms with E-state index in [-0.39, 0.29) is 19.2 Å². The van der Waals surface area contributed by atoms with Crippen molar-refractivity contribution in [1.29, 1.82) is 5.26 Å². The number of nitriles is 1. The van der Waals surface area contributed by atoms with Gasteiger partial charge in [-0.3, -0.25) is 9.08 Å². The highest BCUT2D eigenvalue weighted by Crippen LogP contribution is 2.20. The molecule has 0 N–H and O–H groups in total. The van der Waals surface area contributed by atoms with Crippen LogP contribution in [0.4, 0.5) is 10.5 Å². The van der Waals surface area contributed by atoms with Gasteiger partial charge in [0.2, 0.25) is 0 Å². The van der Waals surface area contributed by atoms with E-state index in [1.807, 2.05) is 6.07 Å². The fourth-order valence-corrected chi connectivity index (χ4v) is 2.42. The highest BCUT2D eigenvalue weighted by Gasteiger charge is 2.29. The molecule has 0 saturated carbocycles. The van der Waals surface area contributed by atoms with Gasteiger partial charge in [-0.15, -0.1) is 0 Å². The van der Waals surface area contributed by atoms with Crippen LogP contribution < -0.4 is 4.90 Å². The highest BCUT2D eigenvalue weighted by molar-refractivity contribution is 7.85. The van der Waals surface area contributed by atoms with Crippen LogP contribution in [0.25, 0.3) is 0 Å². The topological polar surface area (TPSA) is 90.7 Å². The highest BCUT2D eigenvalue weighted by atomic mass is 32.2. The van der Waals surface area contributed by atoms with Crippen molar-refractivity contribution in [2.45, 2.75) is 0 Å². The van der Waals surface area contributed by atoms with E-state index in [0.717, 1.165) is 6.26 Å². The standard InChI is InChI=1S/C13H15N3O4S/c1-21(18,19)20-9-8-15-6-7-16(13(15)17)12-4-2-11(10-14)3-5-12/h2-5H,6-9H2,1H3. The zero-order chi connectivity index (χ0) is 15.5. The lowest BCUT2D eigenvalue weighted by Crippen LogP contribution is -2.34. The Morgan fingerprint density at radius 2 is 1.95 bits per heavy atom. The Hall–Kier alpha value is -2.11. The zero-order valence-corrected chi connectivity index (χ0v) is 12.3. The summed E-state index contributed by atoms with van der Waals surface area (Å²) >= 11 is 0. The van der Waals surface area contributed by atoms with E-state index in [9.17, 15) is 13.2 Å². The molecule has 1 fully saturated rings. The first kappa shape index (κ1) is 15.3. The number of anilines is 1. The van der Waals surface area contributed by atoms with E-state index in [1.165, 1.54) is 4.90 Å². The van der Waals surface area contributed by atoms with E-state index in [4.69, 9.17) is 5.26 Å². The Morgan fingerprint density at radius 3 is 2.52 bits per heavy atom. The Kier molecular flexibility index (Phi) is 4.45. The molecule has 1 saturated heterocycles. The molecule has 2 rings (SSSR count). The Labute approximate surface area is 123 Å². The van der Waals surface area contributed by atoms with Gasteiger partial charge in [0, 0.05) is 25.3 Å². The molecule has 0 bridgehead atoms. The second-order valence-electron chi connectivity index (χ2n) is 4.61. The van der Waals surface area contributed by atoms with E-state index >= 15 is 0 Å². The van der Waals surface area contributed by atoms with Crippen LogP contribution in [0.1, 0.15) is 5.56 Å². The Morgan fingerprint density at radius 1 is 1.29 bits per heavy atom. The third-order valence-corrected chi connectivity index (χ3v) is 3.66. The largest absolute Gasteiger partial charge is 0.324 e. The molecule has 8 heteroatoms. The van der Waals surface area contributed by atoms with E-state index in [1.54, 1.807) is 29.2 Å². The van der Waals surface area contributed by atoms with Crippen LogP contribution in [-0.2, 0) is 14.3 Å². The fraction of sp³-hybridized carbons (Fsp3) is 0.385. The quantitative estimate of drug-likeness (QED) is 0.750. The average molecular weight is 309 g/mol. The molecule has 0 atom stereocenters. The van der Waals surface area contributed by atoms with Crippen LogP contribution in [0.15, 0.2) is 24.3 Å². The molecular formula is C13H15N3O4S. The number of rotatable bonds is 5. The summed E-state index contributed by atoms with van der Waals surface area (Å²) in [6.07, 6.45) is 0.974. The molecule has 1 aromatic carbocycles. The van der Waals surface area contributed by atoms with Crippen LogP contribution in [0.3, 0.4) is 0 Å². The van der Waals surface area contributed by atoms with Gasteiger partial charge in [0.25, 0.3) is 10.1 Å². The van der Waals surface area contributed by atoms with Crippen molar-refractivity contribution in [3.05, 3.63) is 29.8 Å². The van der Waals surface area contributed by atoms with Crippen LogP contribution in [0.2, 0.25) is 0 Å². The first-order chi connectivity index (χ1) is 9.90. The summed E-state index contributed by atoms with van der Waals surface area (Å²) in [4.78, 5) is 15.3. The lowest BCUT2D eigenvalue weighted by atomic mass is 10.2. The van der Waals surface area contributed by atoms with Crippen molar-refractivity contribution in [3.63, 3.8) is 0 Å². The molecule has 2 amide bonds. The average Bonchev–Trinajstić information content (AvgIpc) is 2.79. The van der Waals surface area contributed by atoms with E-state index in [2.05, 4.69) is 4.18 Å². The number of amides is 2. The van der Waals surface area contributed by atoms with Gasteiger partial charge in [-0.05, 0) is 24.3 Å². The molecule has 0 radical (unpaired) electrons. The van der Waals surface area contributed by atoms with Crippen LogP contribution >= 0.6 is 0 Å². The van der Waals surface area contributed by atoms with Crippen molar-refractivity contribution >= 4 is 21.8 Å². The van der Waals surface area contributed by atoms with Crippen LogP contribution in [0.5, 0.6) is 0 Å². The molecule has 112 valence electrons. The summed E-state index contributed by atoms with van der Waals surface area (Å²) in [6, 6.07) is 8.55. The molecule has 0 spiro atoms. The van der Waals surface area contributed by atoms with Crippen molar-refractivity contribution < 1.29 is 17.4 Å².